The van der Waals surface area contributed by atoms with Gasteiger partial charge < -0.3 is 15.1 Å². The van der Waals surface area contributed by atoms with Crippen LogP contribution < -0.4 is 15.1 Å². The van der Waals surface area contributed by atoms with Crippen LogP contribution in [0.15, 0.2) is 91.0 Å². The summed E-state index contributed by atoms with van der Waals surface area (Å²) in [6.07, 6.45) is 9.38. The van der Waals surface area contributed by atoms with Gasteiger partial charge in [-0.1, -0.05) is 119 Å². The monoisotopic (exact) mass is 874 g/mol. The second kappa shape index (κ2) is 15.5. The average Bonchev–Trinajstić information content (AvgIpc) is 3.24. The van der Waals surface area contributed by atoms with E-state index in [-0.39, 0.29) is 32.6 Å². The molecule has 0 spiro atoms. The third-order valence-electron chi connectivity index (χ3n) is 17.4. The molecule has 338 valence electrons. The molecule has 0 saturated carbocycles. The molecular weight excluding hydrogens is 798 g/mol. The van der Waals surface area contributed by atoms with Gasteiger partial charge >= 0.3 is 0 Å². The van der Waals surface area contributed by atoms with Gasteiger partial charge in [-0.25, -0.2) is 0 Å². The quantitative estimate of drug-likeness (QED) is 0.176. The van der Waals surface area contributed by atoms with Gasteiger partial charge in [-0.05, 0) is 215 Å². The van der Waals surface area contributed by atoms with E-state index in [1.807, 2.05) is 0 Å². The van der Waals surface area contributed by atoms with Crippen LogP contribution in [0.3, 0.4) is 0 Å². The second-order valence-electron chi connectivity index (χ2n) is 24.2. The highest BCUT2D eigenvalue weighted by Gasteiger charge is 2.41. The van der Waals surface area contributed by atoms with E-state index in [0.29, 0.717) is 11.8 Å². The molecule has 0 saturated heterocycles. The van der Waals surface area contributed by atoms with Crippen molar-refractivity contribution in [2.75, 3.05) is 16.8 Å². The van der Waals surface area contributed by atoms with Crippen molar-refractivity contribution in [1.82, 2.24) is 5.32 Å². The molecule has 4 aliphatic carbocycles. The van der Waals surface area contributed by atoms with Crippen LogP contribution in [0.5, 0.6) is 0 Å². The van der Waals surface area contributed by atoms with Gasteiger partial charge in [0.2, 0.25) is 0 Å². The number of anilines is 6. The fraction of sp³-hybridized carbons (Fsp3) is 0.500. The Morgan fingerprint density at radius 1 is 0.406 bits per heavy atom. The maximum Gasteiger partial charge on any atom is 0.0497 e. The third-order valence-corrected chi connectivity index (χ3v) is 17.6. The fourth-order valence-corrected chi connectivity index (χ4v) is 12.6. The molecule has 5 aromatic carbocycles. The maximum absolute atomic E-state index is 7.50. The Balaban J connectivity index is 1.29. The Morgan fingerprint density at radius 3 is 1.22 bits per heavy atom. The van der Waals surface area contributed by atoms with Gasteiger partial charge in [0.15, 0.2) is 0 Å². The molecule has 9 rings (SSSR count). The lowest BCUT2D eigenvalue weighted by molar-refractivity contribution is 0.278. The fourth-order valence-electron chi connectivity index (χ4n) is 12.3. The van der Waals surface area contributed by atoms with Gasteiger partial charge in [-0.15, -0.1) is 0 Å². The molecule has 3 nitrogen and oxygen atoms in total. The summed E-state index contributed by atoms with van der Waals surface area (Å²) in [5.74, 6) is 1.07. The zero-order chi connectivity index (χ0) is 45.9. The Bertz CT molecular complexity index is 2630. The zero-order valence-electron chi connectivity index (χ0n) is 41.7. The van der Waals surface area contributed by atoms with Crippen LogP contribution in [0, 0.1) is 0 Å². The lowest BCUT2D eigenvalue weighted by atomic mass is 9.63. The topological polar surface area (TPSA) is 18.5 Å². The number of hydrogen-bond donors (Lipinski definition) is 1. The number of benzene rings is 5. The molecule has 0 amide bonds. The van der Waals surface area contributed by atoms with Crippen molar-refractivity contribution in [3.63, 3.8) is 0 Å². The first-order valence-electron chi connectivity index (χ1n) is 24.6. The smallest absolute Gasteiger partial charge is 0.0497 e. The molecule has 0 aromatic heterocycles. The Kier molecular flexibility index (Phi) is 10.9. The Morgan fingerprint density at radius 2 is 0.766 bits per heavy atom. The highest BCUT2D eigenvalue weighted by molar-refractivity contribution is 6.31. The molecule has 64 heavy (non-hydrogen) atoms. The largest absolute Gasteiger partial charge is 0.311 e. The summed E-state index contributed by atoms with van der Waals surface area (Å²) in [6.45, 7) is 31.5. The summed E-state index contributed by atoms with van der Waals surface area (Å²) >= 11 is 7.50. The molecule has 0 bridgehead atoms. The van der Waals surface area contributed by atoms with Gasteiger partial charge in [0, 0.05) is 44.7 Å². The highest BCUT2D eigenvalue weighted by atomic mass is 35.5. The second-order valence-corrected chi connectivity index (χ2v) is 24.7. The lowest BCUT2D eigenvalue weighted by Crippen LogP contribution is -2.44. The van der Waals surface area contributed by atoms with E-state index in [1.54, 1.807) is 0 Å². The lowest BCUT2D eigenvalue weighted by Gasteiger charge is -2.44. The summed E-state index contributed by atoms with van der Waals surface area (Å²) in [7, 11) is 2.13. The number of nitrogens with zero attached hydrogens (tertiary/aromatic N) is 2. The van der Waals surface area contributed by atoms with Crippen molar-refractivity contribution >= 4 is 45.7 Å². The normalized spacial score (nSPS) is 24.4. The van der Waals surface area contributed by atoms with Crippen LogP contribution in [0.4, 0.5) is 34.1 Å². The van der Waals surface area contributed by atoms with Crippen LogP contribution in [0.2, 0.25) is 5.02 Å². The summed E-state index contributed by atoms with van der Waals surface area (Å²) in [6, 6.07) is 36.0. The number of fused-ring (bicyclic) bond motifs is 4. The van der Waals surface area contributed by atoms with E-state index in [2.05, 4.69) is 203 Å². The molecule has 5 aromatic rings. The van der Waals surface area contributed by atoms with Gasteiger partial charge in [0.05, 0.1) is 0 Å². The molecule has 0 aliphatic heterocycles. The minimum Gasteiger partial charge on any atom is -0.311 e. The van der Waals surface area contributed by atoms with E-state index >= 15 is 0 Å². The summed E-state index contributed by atoms with van der Waals surface area (Å²) < 4.78 is 0. The number of nitrogens with one attached hydrogen (secondary N) is 1. The predicted molar refractivity (Wildman–Crippen MR) is 276 cm³/mol. The van der Waals surface area contributed by atoms with Crippen molar-refractivity contribution in [2.24, 2.45) is 0 Å². The van der Waals surface area contributed by atoms with Crippen LogP contribution in [0.25, 0.3) is 0 Å². The van der Waals surface area contributed by atoms with Crippen molar-refractivity contribution in [3.05, 3.63) is 141 Å². The molecule has 0 heterocycles. The first-order chi connectivity index (χ1) is 29.9. The SMILES string of the molecule is CNC1(C)CCC(C)(C)c2ccc(N(c3cc(Cl)cc(N(c4ccc5c(c4)C(C)CCC5C)c4ccc5c(c4)C(C)(C)CCC5(C)C)c3)c3ccc4c(c3)C(C)(C)CCC4(C)C)cc21. The van der Waals surface area contributed by atoms with E-state index in [1.165, 1.54) is 93.7 Å². The van der Waals surface area contributed by atoms with Crippen molar-refractivity contribution in [3.8, 4) is 0 Å². The number of hydrogen-bond acceptors (Lipinski definition) is 3. The Labute approximate surface area is 392 Å². The van der Waals surface area contributed by atoms with Crippen LogP contribution in [-0.2, 0) is 32.6 Å². The van der Waals surface area contributed by atoms with Crippen molar-refractivity contribution in [1.29, 1.82) is 0 Å². The molecule has 4 aliphatic rings. The summed E-state index contributed by atoms with van der Waals surface area (Å²) in [4.78, 5) is 5.00. The van der Waals surface area contributed by atoms with Gasteiger partial charge in [-0.2, -0.15) is 0 Å². The Hall–Kier alpha value is -4.05. The predicted octanol–water partition coefficient (Wildman–Crippen LogP) is 17.5. The molecule has 0 radical (unpaired) electrons. The maximum atomic E-state index is 7.50. The average molecular weight is 875 g/mol. The van der Waals surface area contributed by atoms with Crippen LogP contribution >= 0.6 is 11.6 Å². The van der Waals surface area contributed by atoms with E-state index in [0.717, 1.165) is 41.3 Å². The van der Waals surface area contributed by atoms with E-state index in [9.17, 15) is 0 Å². The first kappa shape index (κ1) is 45.1. The molecular formula is C60H76ClN3. The third kappa shape index (κ3) is 7.63. The molecule has 3 atom stereocenters. The van der Waals surface area contributed by atoms with Gasteiger partial charge in [-0.3, -0.25) is 0 Å². The van der Waals surface area contributed by atoms with E-state index in [4.69, 9.17) is 11.6 Å². The van der Waals surface area contributed by atoms with Gasteiger partial charge in [0.25, 0.3) is 0 Å². The number of halogens is 1. The van der Waals surface area contributed by atoms with Crippen LogP contribution in [-0.4, -0.2) is 7.05 Å². The molecule has 0 fully saturated rings. The molecule has 4 heteroatoms. The summed E-state index contributed by atoms with van der Waals surface area (Å²) in [5.41, 5.74) is 18.8. The number of rotatable bonds is 7. The van der Waals surface area contributed by atoms with Gasteiger partial charge in [0.1, 0.15) is 0 Å². The standard InChI is InChI=1S/C60H76ClN3/c1-38-15-16-39(2)48-34-41(17-21-47(38)48)63(42-18-22-49-52(35-42)58(9,10)27-25-55(49,3)4)45-31-40(61)32-46(33-45)64(43-19-23-50-53(36-43)59(11,12)28-26-56(50,5)6)44-20-24-51-54(37-44)60(13,62-14)30-29-57(51,7)8/h17-24,31-39,62H,15-16,25-30H2,1-14H3. The van der Waals surface area contributed by atoms with Crippen LogP contribution in [0.1, 0.15) is 198 Å². The highest BCUT2D eigenvalue weighted by Crippen LogP contribution is 2.53. The summed E-state index contributed by atoms with van der Waals surface area (Å²) in [5, 5.41) is 4.49. The minimum absolute atomic E-state index is 0.0588. The molecule has 3 unspecified atom stereocenters. The van der Waals surface area contributed by atoms with Crippen molar-refractivity contribution in [2.45, 2.75) is 186 Å². The first-order valence-corrected chi connectivity index (χ1v) is 25.0. The van der Waals surface area contributed by atoms with Crippen molar-refractivity contribution < 1.29 is 0 Å². The molecule has 1 N–H and O–H groups in total. The van der Waals surface area contributed by atoms with E-state index < -0.39 is 0 Å². The zero-order valence-corrected chi connectivity index (χ0v) is 42.5. The minimum atomic E-state index is -0.138.